The highest BCUT2D eigenvalue weighted by molar-refractivity contribution is 7.79. The second-order valence-electron chi connectivity index (χ2n) is 22.7. The Morgan fingerprint density at radius 1 is 1.05 bits per heavy atom. The number of aromatic hydroxyl groups is 2. The molecule has 0 radical (unpaired) electrons. The highest BCUT2D eigenvalue weighted by atomic mass is 35.5. The predicted molar refractivity (Wildman–Crippen MR) is 281 cm³/mol. The van der Waals surface area contributed by atoms with E-state index in [1.807, 2.05) is 33.8 Å². The fourth-order valence-electron chi connectivity index (χ4n) is 12.2. The molecule has 2 aromatic carbocycles. The molecule has 1 saturated heterocycles. The normalized spacial score (nSPS) is 29.4. The van der Waals surface area contributed by atoms with Crippen LogP contribution in [0.3, 0.4) is 0 Å². The number of amidine groups is 1. The Hall–Kier alpha value is -3.79. The first-order chi connectivity index (χ1) is 33.3. The van der Waals surface area contributed by atoms with Gasteiger partial charge in [-0.05, 0) is 136 Å². The van der Waals surface area contributed by atoms with E-state index in [0.29, 0.717) is 42.7 Å². The first-order valence-electron chi connectivity index (χ1n) is 25.1. The predicted octanol–water partition coefficient (Wildman–Crippen LogP) is 6.64. The second-order valence-corrected chi connectivity index (χ2v) is 23.6. The molecule has 17 nitrogen and oxygen atoms in total. The largest absolute Gasteiger partial charge is 0.508 e. The number of nitrogens with zero attached hydrogens (tertiary/aromatic N) is 1. The van der Waals surface area contributed by atoms with Gasteiger partial charge < -0.3 is 50.7 Å². The number of phenols is 2. The lowest BCUT2D eigenvalue weighted by molar-refractivity contribution is -0.200. The molecule has 10 atom stereocenters. The number of nitrogens with one attached hydrogen (secondary N) is 2. The van der Waals surface area contributed by atoms with Crippen molar-refractivity contribution < 1.29 is 67.2 Å². The summed E-state index contributed by atoms with van der Waals surface area (Å²) in [7, 11) is -4.67. The number of phenolic OH excluding ortho intramolecular Hbond substituents is 1. The van der Waals surface area contributed by atoms with Gasteiger partial charge in [-0.2, -0.15) is 8.42 Å². The SMILES string of the molecule is CC(C)(C)NC[C@H](O)c1ccc(O)c(CO)c1.CCCC1O[C@@H]2C[C@H]3[C@@H]4CCC5=CC(=O)C=C[C@]5(C)[C@H]4[C@@H](O)C[C@]3(C)[C@]2(C(=O)CO)O1.Cc1cc(C(C)(C)C)c(O)c(C)c1CC1=NCCN1.Cl.O=S(=O)(O)O. The Morgan fingerprint density at radius 3 is 2.27 bits per heavy atom. The van der Waals surface area contributed by atoms with Crippen molar-refractivity contribution in [2.24, 2.45) is 33.6 Å². The first kappa shape index (κ1) is 61.8. The maximum atomic E-state index is 13.2. The van der Waals surface area contributed by atoms with E-state index in [4.69, 9.17) is 32.1 Å². The second kappa shape index (κ2) is 24.0. The monoisotopic (exact) mass is 1060 g/mol. The summed E-state index contributed by atoms with van der Waals surface area (Å²) in [5, 5.41) is 66.8. The van der Waals surface area contributed by atoms with E-state index in [2.05, 4.69) is 70.2 Å². The molecule has 4 aliphatic carbocycles. The van der Waals surface area contributed by atoms with Crippen LogP contribution in [-0.2, 0) is 47.9 Å². The molecule has 73 heavy (non-hydrogen) atoms. The summed E-state index contributed by atoms with van der Waals surface area (Å²) in [6.45, 7) is 24.2. The third-order valence-corrected chi connectivity index (χ3v) is 15.7. The summed E-state index contributed by atoms with van der Waals surface area (Å²) in [5.41, 5.74) is 4.40. The molecule has 4 fully saturated rings. The summed E-state index contributed by atoms with van der Waals surface area (Å²) >= 11 is 0. The van der Waals surface area contributed by atoms with Gasteiger partial charge >= 0.3 is 10.4 Å². The Labute approximate surface area is 438 Å². The van der Waals surface area contributed by atoms with E-state index in [9.17, 15) is 35.1 Å². The molecule has 2 aromatic rings. The number of benzene rings is 2. The zero-order valence-electron chi connectivity index (χ0n) is 44.4. The molecule has 0 spiro atoms. The topological polar surface area (TPSA) is 285 Å². The lowest BCUT2D eigenvalue weighted by Crippen LogP contribution is -2.63. The van der Waals surface area contributed by atoms with Crippen LogP contribution in [0.15, 0.2) is 53.1 Å². The van der Waals surface area contributed by atoms with Crippen molar-refractivity contribution in [2.45, 2.75) is 169 Å². The van der Waals surface area contributed by atoms with Gasteiger partial charge in [0.25, 0.3) is 0 Å². The molecule has 1 unspecified atom stereocenters. The molecule has 10 N–H and O–H groups in total. The molecule has 2 heterocycles. The van der Waals surface area contributed by atoms with E-state index < -0.39 is 52.6 Å². The fourth-order valence-corrected chi connectivity index (χ4v) is 12.2. The standard InChI is InChI=1S/C25H34O6.C16H24N2O.C13H21NO3.ClH.H2O4S/c1-4-5-21-30-20-11-17-16-7-6-14-10-15(27)8-9-23(14,2)22(16)18(28)12-24(17,3)25(20,31-21)19(29)13-26;1-10-8-13(16(3,4)5)15(19)11(2)12(10)9-14-17-6-7-18-14;1-13(2,3)14-7-12(17)9-4-5-11(16)10(6-9)8-15;;1-5(2,3)4/h8-10,16-18,20-22,26,28H,4-7,11-13H2,1-3H3;8,19H,6-7,9H2,1-5H3,(H,17,18);4-6,12,14-17H,7-8H2,1-3H3;1H;(H2,1,2,3,4)/t16-,17-,18-,20+,21?,22+,23-,24-,25+;;12-;;/m0.0../s1. The summed E-state index contributed by atoms with van der Waals surface area (Å²) in [4.78, 5) is 29.6. The molecule has 6 aliphatic rings. The van der Waals surface area contributed by atoms with Crippen LogP contribution >= 0.6 is 12.4 Å². The number of fused-ring (bicyclic) bond motifs is 7. The summed E-state index contributed by atoms with van der Waals surface area (Å²) in [6, 6.07) is 6.88. The van der Waals surface area contributed by atoms with Crippen LogP contribution in [0.1, 0.15) is 140 Å². The van der Waals surface area contributed by atoms with Crippen molar-refractivity contribution in [1.29, 1.82) is 0 Å². The minimum atomic E-state index is -4.67. The Bertz CT molecular complexity index is 2490. The lowest BCUT2D eigenvalue weighted by atomic mass is 9.46. The number of carbonyl (C=O) groups excluding carboxylic acids is 2. The molecule has 0 amide bonds. The van der Waals surface area contributed by atoms with E-state index in [0.717, 1.165) is 61.3 Å². The van der Waals surface area contributed by atoms with Crippen molar-refractivity contribution in [3.05, 3.63) is 81.4 Å². The third-order valence-electron chi connectivity index (χ3n) is 15.7. The highest BCUT2D eigenvalue weighted by Crippen LogP contribution is 2.69. The molecule has 0 bridgehead atoms. The number of Topliss-reactive ketones (excluding diaryl/α,β-unsaturated/α-hetero) is 1. The van der Waals surface area contributed by atoms with Crippen molar-refractivity contribution in [2.75, 3.05) is 26.2 Å². The van der Waals surface area contributed by atoms with Gasteiger partial charge in [-0.1, -0.05) is 71.7 Å². The Morgan fingerprint density at radius 2 is 1.71 bits per heavy atom. The summed E-state index contributed by atoms with van der Waals surface area (Å²) in [5.74, 6) is 1.55. The Balaban J connectivity index is 0.000000238. The number of aliphatic hydroxyl groups is 4. The van der Waals surface area contributed by atoms with Crippen LogP contribution in [0.2, 0.25) is 0 Å². The smallest absolute Gasteiger partial charge is 0.394 e. The summed E-state index contributed by atoms with van der Waals surface area (Å²) in [6.07, 6.45) is 8.45. The number of hydrogen-bond donors (Lipinski definition) is 10. The number of halogens is 1. The van der Waals surface area contributed by atoms with Gasteiger partial charge in [0.05, 0.1) is 31.5 Å². The van der Waals surface area contributed by atoms with Crippen molar-refractivity contribution in [3.8, 4) is 11.5 Å². The minimum absolute atomic E-state index is 0. The molecular weight excluding hydrogens is 982 g/mol. The maximum Gasteiger partial charge on any atom is 0.394 e. The quantitative estimate of drug-likeness (QED) is 0.112. The van der Waals surface area contributed by atoms with Crippen LogP contribution < -0.4 is 10.6 Å². The summed E-state index contributed by atoms with van der Waals surface area (Å²) < 4.78 is 44.2. The number of carbonyl (C=O) groups is 2. The average Bonchev–Trinajstić information content (AvgIpc) is 4.00. The third kappa shape index (κ3) is 13.8. The van der Waals surface area contributed by atoms with Crippen LogP contribution in [0.4, 0.5) is 0 Å². The van der Waals surface area contributed by atoms with E-state index in [1.54, 1.807) is 24.3 Å². The number of rotatable bonds is 10. The zero-order chi connectivity index (χ0) is 53.9. The zero-order valence-corrected chi connectivity index (χ0v) is 46.0. The van der Waals surface area contributed by atoms with Crippen molar-refractivity contribution in [1.82, 2.24) is 10.6 Å². The van der Waals surface area contributed by atoms with Gasteiger partial charge in [0, 0.05) is 47.4 Å². The molecule has 0 aromatic heterocycles. The van der Waals surface area contributed by atoms with Crippen LogP contribution in [-0.4, -0.2) is 121 Å². The van der Waals surface area contributed by atoms with Crippen LogP contribution in [0.5, 0.6) is 11.5 Å². The van der Waals surface area contributed by atoms with Crippen molar-refractivity contribution in [3.63, 3.8) is 0 Å². The number of ether oxygens (including phenoxy) is 2. The molecule has 2 aliphatic heterocycles. The number of aliphatic imine (C=N–C) groups is 1. The van der Waals surface area contributed by atoms with Crippen LogP contribution in [0, 0.1) is 42.4 Å². The fraction of sp³-hybridized carbons (Fsp3) is 0.648. The molecule has 8 rings (SSSR count). The number of β-amino-alcohol motifs (C(OH)–C–C–N with tert-alkyl or cyclic N) is 1. The lowest BCUT2D eigenvalue weighted by Gasteiger charge is -2.59. The minimum Gasteiger partial charge on any atom is -0.508 e. The van der Waals surface area contributed by atoms with Gasteiger partial charge in [-0.15, -0.1) is 12.4 Å². The van der Waals surface area contributed by atoms with Crippen molar-refractivity contribution >= 4 is 40.2 Å². The first-order valence-corrected chi connectivity index (χ1v) is 26.5. The van der Waals surface area contributed by atoms with Gasteiger partial charge in [-0.3, -0.25) is 23.7 Å². The number of allylic oxidation sites excluding steroid dienone is 4. The molecule has 410 valence electrons. The van der Waals surface area contributed by atoms with E-state index in [-0.39, 0.29) is 70.5 Å². The molecule has 19 heteroatoms. The van der Waals surface area contributed by atoms with Gasteiger partial charge in [0.1, 0.15) is 23.9 Å². The number of aliphatic hydroxyl groups excluding tert-OH is 4. The molecule has 3 saturated carbocycles. The number of ketones is 2. The number of hydrogen-bond acceptors (Lipinski definition) is 15. The van der Waals surface area contributed by atoms with Gasteiger partial charge in [0.2, 0.25) is 0 Å². The average molecular weight is 1060 g/mol. The Kier molecular flexibility index (Phi) is 20.3. The number of aryl methyl sites for hydroxylation is 1. The molecular formula is C54H82ClN3O14S. The van der Waals surface area contributed by atoms with E-state index in [1.165, 1.54) is 17.2 Å². The maximum absolute atomic E-state index is 13.2. The van der Waals surface area contributed by atoms with Gasteiger partial charge in [0.15, 0.2) is 23.5 Å². The van der Waals surface area contributed by atoms with Gasteiger partial charge in [-0.25, -0.2) is 0 Å². The van der Waals surface area contributed by atoms with E-state index >= 15 is 0 Å². The van der Waals surface area contributed by atoms with Crippen LogP contribution in [0.25, 0.3) is 0 Å². The highest BCUT2D eigenvalue weighted by Gasteiger charge is 2.75.